The number of unbranched alkanes of at least 4 members (excludes halogenated alkanes) is 1. The number of hydrogen-bond donors (Lipinski definition) is 2. The third-order valence-electron chi connectivity index (χ3n) is 5.99. The van der Waals surface area contributed by atoms with Crippen LogP contribution in [0.25, 0.3) is 11.0 Å². The first-order valence-electron chi connectivity index (χ1n) is 11.2. The quantitative estimate of drug-likeness (QED) is 0.673. The highest BCUT2D eigenvalue weighted by Crippen LogP contribution is 2.33. The van der Waals surface area contributed by atoms with E-state index in [9.17, 15) is 4.79 Å². The molecule has 1 aliphatic heterocycles. The van der Waals surface area contributed by atoms with Gasteiger partial charge in [-0.1, -0.05) is 13.3 Å². The molecular formula is C23H37N5O. The predicted octanol–water partition coefficient (Wildman–Crippen LogP) is 5.19. The largest absolute Gasteiger partial charge is 0.360 e. The summed E-state index contributed by atoms with van der Waals surface area (Å²) in [5, 5.41) is 3.00. The molecule has 2 N–H and O–H groups in total. The first-order chi connectivity index (χ1) is 13.9. The number of H-pyrrole nitrogens is 1. The fraction of sp³-hybridized carbons (Fsp3) is 0.652. The number of nitrogens with one attached hydrogen (secondary N) is 2. The number of aromatic nitrogens is 2. The number of carbonyl (C=O) groups is 1. The van der Waals surface area contributed by atoms with E-state index < -0.39 is 0 Å². The highest BCUT2D eigenvalue weighted by atomic mass is 16.2. The minimum Gasteiger partial charge on any atom is -0.360 e. The lowest BCUT2D eigenvalue weighted by atomic mass is 9.90. The molecule has 6 nitrogen and oxygen atoms in total. The fourth-order valence-corrected chi connectivity index (χ4v) is 4.49. The summed E-state index contributed by atoms with van der Waals surface area (Å²) in [5.41, 5.74) is 3.32. The van der Waals surface area contributed by atoms with Crippen LogP contribution < -0.4 is 5.32 Å². The van der Waals surface area contributed by atoms with Gasteiger partial charge >= 0.3 is 6.03 Å². The molecule has 0 atom stereocenters. The molecule has 1 fully saturated rings. The average molecular weight is 400 g/mol. The van der Waals surface area contributed by atoms with Crippen LogP contribution in [0.1, 0.15) is 71.8 Å². The number of fused-ring (bicyclic) bond motifs is 1. The van der Waals surface area contributed by atoms with Crippen molar-refractivity contribution >= 4 is 22.9 Å². The first-order valence-corrected chi connectivity index (χ1v) is 11.2. The Morgan fingerprint density at radius 2 is 1.93 bits per heavy atom. The van der Waals surface area contributed by atoms with Gasteiger partial charge in [0.1, 0.15) is 5.82 Å². The van der Waals surface area contributed by atoms with E-state index in [1.165, 1.54) is 37.8 Å². The molecule has 0 bridgehead atoms. The molecule has 2 amide bonds. The number of amides is 2. The van der Waals surface area contributed by atoms with Crippen molar-refractivity contribution in [2.24, 2.45) is 0 Å². The Balaban J connectivity index is 1.73. The normalized spacial score (nSPS) is 16.1. The highest BCUT2D eigenvalue weighted by molar-refractivity contribution is 5.90. The zero-order valence-electron chi connectivity index (χ0n) is 18.7. The maximum Gasteiger partial charge on any atom is 0.323 e. The number of hydrogen-bond acceptors (Lipinski definition) is 3. The van der Waals surface area contributed by atoms with Gasteiger partial charge in [0.05, 0.1) is 11.0 Å². The summed E-state index contributed by atoms with van der Waals surface area (Å²) in [6, 6.07) is 4.08. The molecule has 2 aromatic heterocycles. The van der Waals surface area contributed by atoms with Crippen LogP contribution in [0, 0.1) is 0 Å². The summed E-state index contributed by atoms with van der Waals surface area (Å²) in [6.45, 7) is 13.9. The molecule has 0 aromatic carbocycles. The van der Waals surface area contributed by atoms with E-state index in [-0.39, 0.29) is 18.1 Å². The van der Waals surface area contributed by atoms with E-state index in [4.69, 9.17) is 4.98 Å². The smallest absolute Gasteiger partial charge is 0.323 e. The topological polar surface area (TPSA) is 64.3 Å². The average Bonchev–Trinajstić information content (AvgIpc) is 3.09. The molecule has 6 heteroatoms. The van der Waals surface area contributed by atoms with Gasteiger partial charge in [-0.05, 0) is 90.2 Å². The highest BCUT2D eigenvalue weighted by Gasteiger charge is 2.24. The molecule has 0 radical (unpaired) electrons. The standard InChI is InChI=1S/C23H37N5O/c1-6-7-12-27-13-10-18(11-14-27)19-15-24-20-8-9-21(25-22(19)20)26-23(29)28(16(2)3)17(4)5/h8-9,15-18,24H,6-7,10-14H2,1-5H3,(H,25,26,29). The molecule has 2 aromatic rings. The lowest BCUT2D eigenvalue weighted by Crippen LogP contribution is -2.44. The second kappa shape index (κ2) is 9.61. The van der Waals surface area contributed by atoms with Crippen molar-refractivity contribution in [2.75, 3.05) is 25.0 Å². The number of piperidine rings is 1. The van der Waals surface area contributed by atoms with Crippen molar-refractivity contribution in [3.05, 3.63) is 23.9 Å². The van der Waals surface area contributed by atoms with Crippen molar-refractivity contribution in [2.45, 2.75) is 78.3 Å². The molecule has 29 heavy (non-hydrogen) atoms. The molecule has 160 valence electrons. The zero-order chi connectivity index (χ0) is 21.0. The summed E-state index contributed by atoms with van der Waals surface area (Å²) in [4.78, 5) is 25.4. The van der Waals surface area contributed by atoms with E-state index >= 15 is 0 Å². The van der Waals surface area contributed by atoms with Crippen LogP contribution >= 0.6 is 0 Å². The summed E-state index contributed by atoms with van der Waals surface area (Å²) in [5.74, 6) is 1.15. The van der Waals surface area contributed by atoms with Crippen LogP contribution in [0.2, 0.25) is 0 Å². The number of nitrogens with zero attached hydrogens (tertiary/aromatic N) is 3. The van der Waals surface area contributed by atoms with Gasteiger partial charge in [-0.3, -0.25) is 5.32 Å². The molecule has 3 rings (SSSR count). The van der Waals surface area contributed by atoms with Gasteiger partial charge < -0.3 is 14.8 Å². The van der Waals surface area contributed by atoms with Crippen molar-refractivity contribution in [1.29, 1.82) is 0 Å². The molecule has 0 aliphatic carbocycles. The number of aromatic amines is 1. The van der Waals surface area contributed by atoms with Crippen LogP contribution in [0.4, 0.5) is 10.6 Å². The summed E-state index contributed by atoms with van der Waals surface area (Å²) >= 11 is 0. The minimum absolute atomic E-state index is 0.0943. The molecular weight excluding hydrogens is 362 g/mol. The monoisotopic (exact) mass is 399 g/mol. The van der Waals surface area contributed by atoms with Gasteiger partial charge in [0.15, 0.2) is 0 Å². The van der Waals surface area contributed by atoms with Gasteiger partial charge in [-0.25, -0.2) is 9.78 Å². The van der Waals surface area contributed by atoms with E-state index in [1.54, 1.807) is 0 Å². The van der Waals surface area contributed by atoms with E-state index in [0.717, 1.165) is 24.1 Å². The van der Waals surface area contributed by atoms with E-state index in [2.05, 4.69) is 28.3 Å². The zero-order valence-corrected chi connectivity index (χ0v) is 18.7. The van der Waals surface area contributed by atoms with Gasteiger partial charge in [0, 0.05) is 18.3 Å². The van der Waals surface area contributed by atoms with Crippen LogP contribution in [0.5, 0.6) is 0 Å². The van der Waals surface area contributed by atoms with Gasteiger partial charge in [0.25, 0.3) is 0 Å². The van der Waals surface area contributed by atoms with Crippen molar-refractivity contribution in [1.82, 2.24) is 19.8 Å². The maximum atomic E-state index is 12.7. The Labute approximate surface area is 175 Å². The van der Waals surface area contributed by atoms with Gasteiger partial charge in [-0.2, -0.15) is 0 Å². The summed E-state index contributed by atoms with van der Waals surface area (Å²) < 4.78 is 0. The Bertz CT molecular complexity index is 797. The van der Waals surface area contributed by atoms with Crippen LogP contribution in [-0.2, 0) is 0 Å². The summed E-state index contributed by atoms with van der Waals surface area (Å²) in [6.07, 6.45) is 7.00. The number of urea groups is 1. The van der Waals surface area contributed by atoms with Crippen molar-refractivity contribution in [3.8, 4) is 0 Å². The van der Waals surface area contributed by atoms with Crippen LogP contribution in [0.3, 0.4) is 0 Å². The van der Waals surface area contributed by atoms with Crippen molar-refractivity contribution < 1.29 is 4.79 Å². The molecule has 1 saturated heterocycles. The second-order valence-electron chi connectivity index (χ2n) is 8.83. The number of likely N-dealkylation sites (tertiary alicyclic amines) is 1. The van der Waals surface area contributed by atoms with E-state index in [0.29, 0.717) is 11.7 Å². The Morgan fingerprint density at radius 3 is 2.55 bits per heavy atom. The van der Waals surface area contributed by atoms with Crippen molar-refractivity contribution in [3.63, 3.8) is 0 Å². The lowest BCUT2D eigenvalue weighted by Gasteiger charge is -2.31. The molecule has 0 saturated carbocycles. The van der Waals surface area contributed by atoms with Crippen LogP contribution in [-0.4, -0.2) is 57.5 Å². The first kappa shape index (κ1) is 21.6. The summed E-state index contributed by atoms with van der Waals surface area (Å²) in [7, 11) is 0. The lowest BCUT2D eigenvalue weighted by molar-refractivity contribution is 0.178. The maximum absolute atomic E-state index is 12.7. The third kappa shape index (κ3) is 5.10. The number of rotatable bonds is 7. The Morgan fingerprint density at radius 1 is 1.24 bits per heavy atom. The van der Waals surface area contributed by atoms with E-state index in [1.807, 2.05) is 44.7 Å². The van der Waals surface area contributed by atoms with Gasteiger partial charge in [0.2, 0.25) is 0 Å². The minimum atomic E-state index is -0.0943. The Hall–Kier alpha value is -2.08. The molecule has 0 unspecified atom stereocenters. The molecule has 3 heterocycles. The third-order valence-corrected chi connectivity index (χ3v) is 5.99. The number of carbonyl (C=O) groups excluding carboxylic acids is 1. The SMILES string of the molecule is CCCCN1CCC(c2c[nH]c3ccc(NC(=O)N(C(C)C)C(C)C)nc23)CC1. The Kier molecular flexibility index (Phi) is 7.17. The van der Waals surface area contributed by atoms with Gasteiger partial charge in [-0.15, -0.1) is 0 Å². The fourth-order valence-electron chi connectivity index (χ4n) is 4.49. The molecule has 1 aliphatic rings. The number of pyridine rings is 1. The van der Waals surface area contributed by atoms with Crippen LogP contribution in [0.15, 0.2) is 18.3 Å². The molecule has 0 spiro atoms. The predicted molar refractivity (Wildman–Crippen MR) is 121 cm³/mol. The second-order valence-corrected chi connectivity index (χ2v) is 8.83. The number of anilines is 1.